The van der Waals surface area contributed by atoms with Gasteiger partial charge >= 0.3 is 13.9 Å². The molecule has 0 saturated carbocycles. The van der Waals surface area contributed by atoms with E-state index >= 15 is 0 Å². The van der Waals surface area contributed by atoms with Crippen molar-refractivity contribution < 1.29 is 37.2 Å². The highest BCUT2D eigenvalue weighted by atomic mass is 31.2. The topological polar surface area (TPSA) is 116 Å². The summed E-state index contributed by atoms with van der Waals surface area (Å²) in [6.45, 7) is -1.00. The highest BCUT2D eigenvalue weighted by Gasteiger charge is 2.54. The molecule has 8 nitrogen and oxygen atoms in total. The Balaban J connectivity index is 2.09. The van der Waals surface area contributed by atoms with Crippen LogP contribution >= 0.6 is 7.82 Å². The normalized spacial score (nSPS) is 16.5. The number of nitrogens with zero attached hydrogens (tertiary/aromatic N) is 1. The molecule has 0 radical (unpaired) electrons. The van der Waals surface area contributed by atoms with Gasteiger partial charge in [-0.3, -0.25) is 9.32 Å². The summed E-state index contributed by atoms with van der Waals surface area (Å²) < 4.78 is 41.8. The van der Waals surface area contributed by atoms with Crippen LogP contribution in [-0.4, -0.2) is 33.4 Å². The Hall–Kier alpha value is -2.65. The van der Waals surface area contributed by atoms with Crippen LogP contribution in [0.2, 0.25) is 0 Å². The van der Waals surface area contributed by atoms with E-state index in [0.29, 0.717) is 4.90 Å². The molecule has 27 heavy (non-hydrogen) atoms. The van der Waals surface area contributed by atoms with Gasteiger partial charge in [0.2, 0.25) is 0 Å². The Morgan fingerprint density at radius 1 is 0.963 bits per heavy atom. The smallest absolute Gasteiger partial charge is 0.315 e. The summed E-state index contributed by atoms with van der Waals surface area (Å²) in [4.78, 5) is 43.4. The van der Waals surface area contributed by atoms with Crippen molar-refractivity contribution in [2.24, 2.45) is 0 Å². The zero-order valence-electron chi connectivity index (χ0n) is 13.5. The van der Waals surface area contributed by atoms with E-state index in [1.54, 1.807) is 0 Å². The van der Waals surface area contributed by atoms with E-state index < -0.39 is 43.7 Å². The summed E-state index contributed by atoms with van der Waals surface area (Å²) in [6.07, 6.45) is 0. The molecule has 3 N–H and O–H groups in total. The number of urea groups is 1. The van der Waals surface area contributed by atoms with Crippen molar-refractivity contribution in [1.29, 1.82) is 0 Å². The SMILES string of the molecule is O=C1NC(c2ccc(F)cc2)(c2ccc(F)cc2)C(=O)N1COP(=O)(O)O. The Bertz CT molecular complexity index is 883. The lowest BCUT2D eigenvalue weighted by atomic mass is 9.82. The van der Waals surface area contributed by atoms with Gasteiger partial charge in [0.05, 0.1) is 0 Å². The molecule has 2 aromatic rings. The highest BCUT2D eigenvalue weighted by molar-refractivity contribution is 7.46. The predicted octanol–water partition coefficient (Wildman–Crippen LogP) is 1.83. The minimum atomic E-state index is -4.94. The van der Waals surface area contributed by atoms with Crippen molar-refractivity contribution in [1.82, 2.24) is 10.2 Å². The van der Waals surface area contributed by atoms with Gasteiger partial charge < -0.3 is 15.1 Å². The number of carbonyl (C=O) groups excluding carboxylic acids is 2. The molecular weight excluding hydrogens is 385 g/mol. The fraction of sp³-hybridized carbons (Fsp3) is 0.125. The fourth-order valence-corrected chi connectivity index (χ4v) is 3.05. The maximum atomic E-state index is 13.3. The van der Waals surface area contributed by atoms with E-state index in [0.717, 1.165) is 24.3 Å². The molecule has 1 fully saturated rings. The molecule has 2 aromatic carbocycles. The number of benzene rings is 2. The Morgan fingerprint density at radius 3 is 1.81 bits per heavy atom. The first-order valence-electron chi connectivity index (χ1n) is 7.50. The molecule has 11 heteroatoms. The van der Waals surface area contributed by atoms with Crippen molar-refractivity contribution in [2.75, 3.05) is 6.73 Å². The molecular formula is C16H13F2N2O6P. The van der Waals surface area contributed by atoms with Crippen LogP contribution in [0.4, 0.5) is 13.6 Å². The number of phosphoric acid groups is 1. The van der Waals surface area contributed by atoms with E-state index in [4.69, 9.17) is 9.79 Å². The Morgan fingerprint density at radius 2 is 1.41 bits per heavy atom. The molecule has 1 aliphatic rings. The third kappa shape index (κ3) is 3.60. The number of imide groups is 1. The van der Waals surface area contributed by atoms with Crippen molar-refractivity contribution in [2.45, 2.75) is 5.54 Å². The number of halogens is 2. The average molecular weight is 398 g/mol. The van der Waals surface area contributed by atoms with E-state index in [1.165, 1.54) is 24.3 Å². The molecule has 0 unspecified atom stereocenters. The minimum absolute atomic E-state index is 0.174. The monoisotopic (exact) mass is 398 g/mol. The highest BCUT2D eigenvalue weighted by Crippen LogP contribution is 2.39. The Labute approximate surface area is 151 Å². The van der Waals surface area contributed by atoms with Gasteiger partial charge in [0.15, 0.2) is 5.54 Å². The van der Waals surface area contributed by atoms with E-state index in [9.17, 15) is 22.9 Å². The first-order chi connectivity index (χ1) is 12.6. The summed E-state index contributed by atoms with van der Waals surface area (Å²) >= 11 is 0. The quantitative estimate of drug-likeness (QED) is 0.523. The Kier molecular flexibility index (Phi) is 4.83. The first kappa shape index (κ1) is 19.1. The maximum Gasteiger partial charge on any atom is 0.471 e. The van der Waals surface area contributed by atoms with Gasteiger partial charge in [-0.25, -0.2) is 23.0 Å². The number of hydrogen-bond donors (Lipinski definition) is 3. The lowest BCUT2D eigenvalue weighted by Gasteiger charge is -2.28. The van der Waals surface area contributed by atoms with Crippen LogP contribution in [0.3, 0.4) is 0 Å². The number of rotatable bonds is 5. The largest absolute Gasteiger partial charge is 0.471 e. The average Bonchev–Trinajstić information content (AvgIpc) is 2.85. The molecule has 0 bridgehead atoms. The third-order valence-corrected chi connectivity index (χ3v) is 4.47. The number of phosphoric ester groups is 1. The van der Waals surface area contributed by atoms with Gasteiger partial charge in [0.1, 0.15) is 18.4 Å². The lowest BCUT2D eigenvalue weighted by Crippen LogP contribution is -2.45. The van der Waals surface area contributed by atoms with Gasteiger partial charge in [0, 0.05) is 0 Å². The maximum absolute atomic E-state index is 13.3. The number of carbonyl (C=O) groups is 2. The van der Waals surface area contributed by atoms with Gasteiger partial charge in [-0.1, -0.05) is 24.3 Å². The summed E-state index contributed by atoms with van der Waals surface area (Å²) in [5.41, 5.74) is -1.49. The number of nitrogens with one attached hydrogen (secondary N) is 1. The second-order valence-electron chi connectivity index (χ2n) is 5.68. The summed E-state index contributed by atoms with van der Waals surface area (Å²) in [7, 11) is -4.94. The van der Waals surface area contributed by atoms with Crippen molar-refractivity contribution in [3.63, 3.8) is 0 Å². The first-order valence-corrected chi connectivity index (χ1v) is 9.03. The van der Waals surface area contributed by atoms with Crippen molar-refractivity contribution in [3.05, 3.63) is 71.3 Å². The van der Waals surface area contributed by atoms with E-state index in [2.05, 4.69) is 9.84 Å². The van der Waals surface area contributed by atoms with Crippen LogP contribution in [0.5, 0.6) is 0 Å². The molecule has 1 aliphatic heterocycles. The molecule has 142 valence electrons. The summed E-state index contributed by atoms with van der Waals surface area (Å²) in [5, 5.41) is 2.43. The second-order valence-corrected chi connectivity index (χ2v) is 6.92. The molecule has 1 heterocycles. The van der Waals surface area contributed by atoms with Crippen LogP contribution in [0.25, 0.3) is 0 Å². The van der Waals surface area contributed by atoms with Crippen LogP contribution in [0.15, 0.2) is 48.5 Å². The van der Waals surface area contributed by atoms with Gasteiger partial charge in [-0.2, -0.15) is 0 Å². The summed E-state index contributed by atoms with van der Waals surface area (Å²) in [5.74, 6) is -2.07. The molecule has 0 spiro atoms. The molecule has 3 rings (SSSR count). The van der Waals surface area contributed by atoms with Crippen LogP contribution in [-0.2, 0) is 19.4 Å². The van der Waals surface area contributed by atoms with Crippen LogP contribution < -0.4 is 5.32 Å². The molecule has 3 amide bonds. The molecule has 0 atom stereocenters. The second kappa shape index (κ2) is 6.82. The van der Waals surface area contributed by atoms with Gasteiger partial charge in [-0.15, -0.1) is 0 Å². The fourth-order valence-electron chi connectivity index (χ4n) is 2.78. The molecule has 0 aromatic heterocycles. The molecule has 1 saturated heterocycles. The lowest BCUT2D eigenvalue weighted by molar-refractivity contribution is -0.132. The van der Waals surface area contributed by atoms with Crippen molar-refractivity contribution in [3.8, 4) is 0 Å². The van der Waals surface area contributed by atoms with Crippen molar-refractivity contribution >= 4 is 19.8 Å². The van der Waals surface area contributed by atoms with Gasteiger partial charge in [0.25, 0.3) is 5.91 Å². The number of hydrogen-bond acceptors (Lipinski definition) is 4. The molecule has 0 aliphatic carbocycles. The zero-order chi connectivity index (χ0) is 19.8. The van der Waals surface area contributed by atoms with Gasteiger partial charge in [-0.05, 0) is 35.4 Å². The predicted molar refractivity (Wildman–Crippen MR) is 87.0 cm³/mol. The summed E-state index contributed by atoms with van der Waals surface area (Å²) in [6, 6.07) is 8.40. The minimum Gasteiger partial charge on any atom is -0.315 e. The zero-order valence-corrected chi connectivity index (χ0v) is 14.4. The van der Waals surface area contributed by atoms with Crippen LogP contribution in [0.1, 0.15) is 11.1 Å². The van der Waals surface area contributed by atoms with Crippen LogP contribution in [0, 0.1) is 11.6 Å². The van der Waals surface area contributed by atoms with E-state index in [-0.39, 0.29) is 11.1 Å². The third-order valence-electron chi connectivity index (χ3n) is 4.02. The van der Waals surface area contributed by atoms with E-state index in [1.807, 2.05) is 0 Å². The number of amides is 3. The standard InChI is InChI=1S/C16H13F2N2O6P/c17-12-5-1-10(2-6-12)16(11-3-7-13(18)8-4-11)14(21)20(15(22)19-16)9-26-27(23,24)25/h1-8H,9H2,(H,19,22)(H2,23,24,25).